The molecule has 1 saturated heterocycles. The number of methoxy groups -OCH3 is 1. The first-order valence-corrected chi connectivity index (χ1v) is 13.6. The van der Waals surface area contributed by atoms with Crippen LogP contribution in [-0.4, -0.2) is 61.4 Å². The van der Waals surface area contributed by atoms with Gasteiger partial charge in [-0.15, -0.1) is 0 Å². The van der Waals surface area contributed by atoms with E-state index in [9.17, 15) is 9.59 Å². The van der Waals surface area contributed by atoms with Crippen LogP contribution >= 0.6 is 24.4 Å². The summed E-state index contributed by atoms with van der Waals surface area (Å²) in [6.45, 7) is 3.71. The van der Waals surface area contributed by atoms with Crippen LogP contribution in [0.15, 0.2) is 42.5 Å². The third kappa shape index (κ3) is 7.96. The maximum absolute atomic E-state index is 13.2. The first-order chi connectivity index (χ1) is 16.9. The molecule has 35 heavy (non-hydrogen) atoms. The Balaban J connectivity index is 1.85. The second-order valence-corrected chi connectivity index (χ2v) is 10.2. The Morgan fingerprint density at radius 1 is 1.23 bits per heavy atom. The zero-order chi connectivity index (χ0) is 25.2. The van der Waals surface area contributed by atoms with Gasteiger partial charge in [0.2, 0.25) is 0 Å². The van der Waals surface area contributed by atoms with Gasteiger partial charge >= 0.3 is 5.97 Å². The lowest BCUT2D eigenvalue weighted by molar-refractivity contribution is -0.142. The number of anilines is 1. The van der Waals surface area contributed by atoms with Crippen LogP contribution in [0.1, 0.15) is 39.9 Å². The summed E-state index contributed by atoms with van der Waals surface area (Å²) >= 11 is 6.25. The van der Waals surface area contributed by atoms with E-state index in [4.69, 9.17) is 4.74 Å². The highest BCUT2D eigenvalue weighted by atomic mass is 32.2. The number of rotatable bonds is 9. The number of hydrogen-bond acceptors (Lipinski definition) is 7. The lowest BCUT2D eigenvalue weighted by Gasteiger charge is -2.18. The first-order valence-electron chi connectivity index (χ1n) is 11.7. The zero-order valence-electron chi connectivity index (χ0n) is 20.4. The van der Waals surface area contributed by atoms with E-state index in [0.29, 0.717) is 22.8 Å². The molecule has 0 unspecified atom stereocenters. The van der Waals surface area contributed by atoms with Gasteiger partial charge in [-0.2, -0.15) is 24.4 Å². The fourth-order valence-corrected chi connectivity index (χ4v) is 4.60. The molecular formula is C27H33N3O3S2. The largest absolute Gasteiger partial charge is 0.467 e. The maximum atomic E-state index is 13.2. The highest BCUT2D eigenvalue weighted by molar-refractivity contribution is 7.98. The predicted octanol–water partition coefficient (Wildman–Crippen LogP) is 3.49. The smallest absolute Gasteiger partial charge is 0.328 e. The van der Waals surface area contributed by atoms with Crippen molar-refractivity contribution in [2.75, 3.05) is 37.5 Å². The fraction of sp³-hybridized carbons (Fsp3) is 0.407. The van der Waals surface area contributed by atoms with E-state index in [1.807, 2.05) is 49.6 Å². The van der Waals surface area contributed by atoms with Gasteiger partial charge in [0.1, 0.15) is 6.04 Å². The van der Waals surface area contributed by atoms with E-state index in [2.05, 4.69) is 40.4 Å². The summed E-state index contributed by atoms with van der Waals surface area (Å²) in [4.78, 5) is 25.4. The second kappa shape index (κ2) is 13.5. The summed E-state index contributed by atoms with van der Waals surface area (Å²) in [6, 6.07) is 13.0. The van der Waals surface area contributed by atoms with Crippen LogP contribution in [-0.2, 0) is 9.53 Å². The minimum atomic E-state index is -0.712. The molecule has 8 heteroatoms. The summed E-state index contributed by atoms with van der Waals surface area (Å²) in [6.07, 6.45) is 3.49. The quantitative estimate of drug-likeness (QED) is 0.235. The van der Waals surface area contributed by atoms with E-state index >= 15 is 0 Å². The number of thioether (sulfide) groups is 1. The minimum absolute atomic E-state index is 0.278. The van der Waals surface area contributed by atoms with Gasteiger partial charge in [0.05, 0.1) is 12.7 Å². The van der Waals surface area contributed by atoms with E-state index in [1.54, 1.807) is 17.8 Å². The zero-order valence-corrected chi connectivity index (χ0v) is 22.1. The van der Waals surface area contributed by atoms with Crippen LogP contribution in [0.25, 0.3) is 0 Å². The van der Waals surface area contributed by atoms with Crippen molar-refractivity contribution in [3.05, 3.63) is 64.7 Å². The van der Waals surface area contributed by atoms with Gasteiger partial charge in [0.25, 0.3) is 5.91 Å². The summed E-state index contributed by atoms with van der Waals surface area (Å²) in [7, 11) is 1.33. The van der Waals surface area contributed by atoms with Gasteiger partial charge in [-0.05, 0) is 68.7 Å². The lowest BCUT2D eigenvalue weighted by atomic mass is 10.0. The number of aryl methyl sites for hydroxylation is 1. The van der Waals surface area contributed by atoms with Crippen molar-refractivity contribution >= 4 is 42.0 Å². The average Bonchev–Trinajstić information content (AvgIpc) is 3.28. The molecule has 1 aliphatic heterocycles. The monoisotopic (exact) mass is 511 g/mol. The van der Waals surface area contributed by atoms with Gasteiger partial charge in [0.15, 0.2) is 0 Å². The topological polar surface area (TPSA) is 79.5 Å². The molecule has 3 N–H and O–H groups in total. The van der Waals surface area contributed by atoms with Crippen LogP contribution in [0.3, 0.4) is 0 Å². The van der Waals surface area contributed by atoms with Crippen molar-refractivity contribution in [3.63, 3.8) is 0 Å². The molecule has 186 valence electrons. The summed E-state index contributed by atoms with van der Waals surface area (Å²) in [5, 5.41) is 10.0. The molecule has 0 aliphatic carbocycles. The summed E-state index contributed by atoms with van der Waals surface area (Å²) in [5.74, 6) is 6.24. The number of benzene rings is 2. The highest BCUT2D eigenvalue weighted by Gasteiger charge is 2.24. The van der Waals surface area contributed by atoms with Crippen molar-refractivity contribution < 1.29 is 14.3 Å². The summed E-state index contributed by atoms with van der Waals surface area (Å²) < 4.78 is 4.89. The molecule has 2 aromatic carbocycles. The second-order valence-electron chi connectivity index (χ2n) is 8.50. The SMILES string of the molecule is COC(=O)[C@H](CCSC)NC(=O)c1ccc(NC[C@@H]2NCC[C@@H]2S)cc1C#Cc1ccc(C)cc1. The van der Waals surface area contributed by atoms with Gasteiger partial charge in [-0.3, -0.25) is 4.79 Å². The Hall–Kier alpha value is -2.60. The number of amides is 1. The number of carbonyl (C=O) groups is 2. The van der Waals surface area contributed by atoms with E-state index in [1.165, 1.54) is 7.11 Å². The maximum Gasteiger partial charge on any atom is 0.328 e. The van der Waals surface area contributed by atoms with Gasteiger partial charge < -0.3 is 20.7 Å². The van der Waals surface area contributed by atoms with Gasteiger partial charge in [-0.1, -0.05) is 29.5 Å². The molecule has 3 rings (SSSR count). The van der Waals surface area contributed by atoms with Gasteiger partial charge in [0, 0.05) is 34.7 Å². The molecule has 1 aliphatic rings. The van der Waals surface area contributed by atoms with Crippen LogP contribution in [0.2, 0.25) is 0 Å². The molecule has 0 aromatic heterocycles. The molecule has 0 bridgehead atoms. The average molecular weight is 512 g/mol. The Morgan fingerprint density at radius 2 is 2.00 bits per heavy atom. The Kier molecular flexibility index (Phi) is 10.4. The number of esters is 1. The molecule has 3 atom stereocenters. The van der Waals surface area contributed by atoms with Crippen molar-refractivity contribution in [2.24, 2.45) is 0 Å². The molecular weight excluding hydrogens is 478 g/mol. The first kappa shape index (κ1) is 27.0. The van der Waals surface area contributed by atoms with Crippen LogP contribution in [0.5, 0.6) is 0 Å². The molecule has 1 fully saturated rings. The number of ether oxygens (including phenoxy) is 1. The third-order valence-electron chi connectivity index (χ3n) is 5.90. The van der Waals surface area contributed by atoms with Crippen molar-refractivity contribution in [3.8, 4) is 11.8 Å². The number of carbonyl (C=O) groups excluding carboxylic acids is 2. The van der Waals surface area contributed by atoms with Crippen molar-refractivity contribution in [2.45, 2.75) is 37.1 Å². The fourth-order valence-electron chi connectivity index (χ4n) is 3.78. The molecule has 0 radical (unpaired) electrons. The van der Waals surface area contributed by atoms with Crippen LogP contribution < -0.4 is 16.0 Å². The van der Waals surface area contributed by atoms with Crippen LogP contribution in [0, 0.1) is 18.8 Å². The summed E-state index contributed by atoms with van der Waals surface area (Å²) in [5.41, 5.74) is 3.89. The van der Waals surface area contributed by atoms with E-state index in [0.717, 1.165) is 42.1 Å². The van der Waals surface area contributed by atoms with Crippen molar-refractivity contribution in [1.29, 1.82) is 0 Å². The van der Waals surface area contributed by atoms with Crippen molar-refractivity contribution in [1.82, 2.24) is 10.6 Å². The third-order valence-corrected chi connectivity index (χ3v) is 7.16. The minimum Gasteiger partial charge on any atom is -0.467 e. The lowest BCUT2D eigenvalue weighted by Crippen LogP contribution is -2.42. The molecule has 1 amide bonds. The van der Waals surface area contributed by atoms with Gasteiger partial charge in [-0.25, -0.2) is 4.79 Å². The predicted molar refractivity (Wildman–Crippen MR) is 148 cm³/mol. The standard InChI is InChI=1S/C27H33N3O3S2/c1-18-4-6-19(7-5-18)8-9-20-16-21(29-17-24-25(34)12-14-28-24)10-11-22(20)26(31)30-23(13-15-35-3)27(32)33-2/h4-7,10-11,16,23-25,28-29,34H,12-15,17H2,1-3H3,(H,30,31)/t23-,24-,25-/m0/s1. The number of hydrogen-bond donors (Lipinski definition) is 4. The highest BCUT2D eigenvalue weighted by Crippen LogP contribution is 2.19. The number of nitrogens with one attached hydrogen (secondary N) is 3. The molecule has 1 heterocycles. The van der Waals surface area contributed by atoms with Crippen LogP contribution in [0.4, 0.5) is 5.69 Å². The molecule has 6 nitrogen and oxygen atoms in total. The Bertz CT molecular complexity index is 1080. The van der Waals surface area contributed by atoms with E-state index < -0.39 is 12.0 Å². The molecule has 0 spiro atoms. The van der Waals surface area contributed by atoms with E-state index in [-0.39, 0.29) is 11.9 Å². The molecule has 2 aromatic rings. The Labute approximate surface area is 217 Å². The molecule has 0 saturated carbocycles. The Morgan fingerprint density at radius 3 is 2.66 bits per heavy atom. The number of thiol groups is 1. The normalized spacial score (nSPS) is 17.7.